The van der Waals surface area contributed by atoms with E-state index in [0.717, 1.165) is 18.4 Å². The number of nitrogens with zero attached hydrogens (tertiary/aromatic N) is 2. The first kappa shape index (κ1) is 17.7. The first-order valence-electron chi connectivity index (χ1n) is 8.71. The first-order valence-corrected chi connectivity index (χ1v) is 9.09. The third-order valence-electron chi connectivity index (χ3n) is 4.74. The van der Waals surface area contributed by atoms with Crippen molar-refractivity contribution in [2.75, 3.05) is 11.9 Å². The van der Waals surface area contributed by atoms with Crippen LogP contribution in [0.2, 0.25) is 5.02 Å². The van der Waals surface area contributed by atoms with Gasteiger partial charge in [-0.1, -0.05) is 30.9 Å². The van der Waals surface area contributed by atoms with Crippen LogP contribution in [0.4, 0.5) is 5.95 Å². The van der Waals surface area contributed by atoms with Gasteiger partial charge in [-0.2, -0.15) is 0 Å². The van der Waals surface area contributed by atoms with Gasteiger partial charge in [0.2, 0.25) is 17.8 Å². The summed E-state index contributed by atoms with van der Waals surface area (Å²) < 4.78 is 1.79. The number of amides is 2. The molecule has 25 heavy (non-hydrogen) atoms. The van der Waals surface area contributed by atoms with Crippen LogP contribution in [0.25, 0.3) is 11.0 Å². The van der Waals surface area contributed by atoms with Gasteiger partial charge >= 0.3 is 0 Å². The SMILES string of the molecule is Cn1c(NC(=O)CNC(=O)CC2CCCCC2)nc2cc(Cl)ccc21. The van der Waals surface area contributed by atoms with Gasteiger partial charge in [0, 0.05) is 18.5 Å². The van der Waals surface area contributed by atoms with E-state index in [4.69, 9.17) is 11.6 Å². The van der Waals surface area contributed by atoms with Crippen LogP contribution in [0.5, 0.6) is 0 Å². The Morgan fingerprint density at radius 1 is 1.24 bits per heavy atom. The normalized spacial score (nSPS) is 15.3. The van der Waals surface area contributed by atoms with Crippen LogP contribution < -0.4 is 10.6 Å². The third kappa shape index (κ3) is 4.51. The molecular formula is C18H23ClN4O2. The van der Waals surface area contributed by atoms with Gasteiger partial charge < -0.3 is 9.88 Å². The number of fused-ring (bicyclic) bond motifs is 1. The highest BCUT2D eigenvalue weighted by molar-refractivity contribution is 6.31. The van der Waals surface area contributed by atoms with Crippen molar-refractivity contribution in [3.05, 3.63) is 23.2 Å². The van der Waals surface area contributed by atoms with E-state index < -0.39 is 0 Å². The predicted molar refractivity (Wildman–Crippen MR) is 98.6 cm³/mol. The summed E-state index contributed by atoms with van der Waals surface area (Å²) in [6, 6.07) is 5.38. The van der Waals surface area contributed by atoms with E-state index in [-0.39, 0.29) is 18.4 Å². The number of halogens is 1. The van der Waals surface area contributed by atoms with E-state index in [0.29, 0.717) is 28.8 Å². The molecule has 0 radical (unpaired) electrons. The second kappa shape index (κ2) is 7.87. The zero-order valence-electron chi connectivity index (χ0n) is 14.3. The molecule has 0 unspecified atom stereocenters. The van der Waals surface area contributed by atoms with Crippen LogP contribution in [0.1, 0.15) is 38.5 Å². The van der Waals surface area contributed by atoms with E-state index >= 15 is 0 Å². The van der Waals surface area contributed by atoms with Gasteiger partial charge in [0.05, 0.1) is 17.6 Å². The van der Waals surface area contributed by atoms with Crippen LogP contribution in [0.3, 0.4) is 0 Å². The highest BCUT2D eigenvalue weighted by Crippen LogP contribution is 2.26. The Bertz CT molecular complexity index is 781. The van der Waals surface area contributed by atoms with Crippen LogP contribution >= 0.6 is 11.6 Å². The molecule has 0 atom stereocenters. The minimum absolute atomic E-state index is 0.0461. The molecule has 2 aromatic rings. The quantitative estimate of drug-likeness (QED) is 0.857. The predicted octanol–water partition coefficient (Wildman–Crippen LogP) is 3.25. The molecular weight excluding hydrogens is 340 g/mol. The lowest BCUT2D eigenvalue weighted by atomic mass is 9.87. The maximum Gasteiger partial charge on any atom is 0.246 e. The molecule has 1 saturated carbocycles. The highest BCUT2D eigenvalue weighted by Gasteiger charge is 2.18. The summed E-state index contributed by atoms with van der Waals surface area (Å²) in [5.74, 6) is 0.547. The van der Waals surface area contributed by atoms with Crippen molar-refractivity contribution < 1.29 is 9.59 Å². The molecule has 1 aromatic carbocycles. The largest absolute Gasteiger partial charge is 0.347 e. The van der Waals surface area contributed by atoms with Gasteiger partial charge in [-0.25, -0.2) is 4.98 Å². The zero-order chi connectivity index (χ0) is 17.8. The Hall–Kier alpha value is -2.08. The zero-order valence-corrected chi connectivity index (χ0v) is 15.1. The number of carbonyl (C=O) groups excluding carboxylic acids is 2. The number of carbonyl (C=O) groups is 2. The fourth-order valence-corrected chi connectivity index (χ4v) is 3.52. The molecule has 0 aliphatic heterocycles. The monoisotopic (exact) mass is 362 g/mol. The summed E-state index contributed by atoms with van der Waals surface area (Å²) in [6.07, 6.45) is 6.41. The molecule has 1 aliphatic carbocycles. The summed E-state index contributed by atoms with van der Waals surface area (Å²) in [5, 5.41) is 6.03. The molecule has 134 valence electrons. The summed E-state index contributed by atoms with van der Waals surface area (Å²) in [7, 11) is 1.82. The molecule has 1 aromatic heterocycles. The number of hydrogen-bond acceptors (Lipinski definition) is 3. The Balaban J connectivity index is 1.52. The third-order valence-corrected chi connectivity index (χ3v) is 4.97. The van der Waals surface area contributed by atoms with Gasteiger partial charge in [0.1, 0.15) is 0 Å². The molecule has 1 fully saturated rings. The second-order valence-electron chi connectivity index (χ2n) is 6.66. The van der Waals surface area contributed by atoms with E-state index in [1.165, 1.54) is 19.3 Å². The average Bonchev–Trinajstić information content (AvgIpc) is 2.89. The lowest BCUT2D eigenvalue weighted by molar-refractivity contribution is -0.125. The fraction of sp³-hybridized carbons (Fsp3) is 0.500. The summed E-state index contributed by atoms with van der Waals surface area (Å²) in [4.78, 5) is 28.5. The molecule has 1 aliphatic rings. The van der Waals surface area contributed by atoms with Gasteiger partial charge in [-0.15, -0.1) is 0 Å². The van der Waals surface area contributed by atoms with E-state index in [1.807, 2.05) is 13.1 Å². The Morgan fingerprint density at radius 2 is 2.00 bits per heavy atom. The van der Waals surface area contributed by atoms with Gasteiger partial charge in [-0.3, -0.25) is 14.9 Å². The smallest absolute Gasteiger partial charge is 0.246 e. The molecule has 0 bridgehead atoms. The van der Waals surface area contributed by atoms with Crippen molar-refractivity contribution >= 4 is 40.4 Å². The van der Waals surface area contributed by atoms with Crippen LogP contribution in [0.15, 0.2) is 18.2 Å². The number of aryl methyl sites for hydroxylation is 1. The van der Waals surface area contributed by atoms with E-state index in [9.17, 15) is 9.59 Å². The van der Waals surface area contributed by atoms with Crippen molar-refractivity contribution in [2.45, 2.75) is 38.5 Å². The molecule has 2 N–H and O–H groups in total. The van der Waals surface area contributed by atoms with E-state index in [2.05, 4.69) is 15.6 Å². The molecule has 0 saturated heterocycles. The maximum absolute atomic E-state index is 12.1. The molecule has 2 amide bonds. The standard InChI is InChI=1S/C18H23ClN4O2/c1-23-15-8-7-13(19)10-14(15)21-18(23)22-17(25)11-20-16(24)9-12-5-3-2-4-6-12/h7-8,10,12H,2-6,9,11H2,1H3,(H,20,24)(H,21,22,25). The van der Waals surface area contributed by atoms with Gasteiger partial charge in [0.25, 0.3) is 0 Å². The number of rotatable bonds is 5. The minimum atomic E-state index is -0.290. The van der Waals surface area contributed by atoms with Crippen LogP contribution in [0, 0.1) is 5.92 Å². The highest BCUT2D eigenvalue weighted by atomic mass is 35.5. The Morgan fingerprint density at radius 3 is 2.76 bits per heavy atom. The molecule has 1 heterocycles. The summed E-state index contributed by atoms with van der Waals surface area (Å²) in [5.41, 5.74) is 1.59. The molecule has 3 rings (SSSR count). The number of anilines is 1. The average molecular weight is 363 g/mol. The minimum Gasteiger partial charge on any atom is -0.347 e. The van der Waals surface area contributed by atoms with Crippen molar-refractivity contribution in [1.82, 2.24) is 14.9 Å². The maximum atomic E-state index is 12.1. The van der Waals surface area contributed by atoms with Crippen molar-refractivity contribution in [1.29, 1.82) is 0 Å². The number of benzene rings is 1. The number of hydrogen-bond donors (Lipinski definition) is 2. The van der Waals surface area contributed by atoms with Crippen LogP contribution in [-0.4, -0.2) is 27.9 Å². The van der Waals surface area contributed by atoms with Crippen molar-refractivity contribution in [3.8, 4) is 0 Å². The Labute approximate surface area is 151 Å². The second-order valence-corrected chi connectivity index (χ2v) is 7.10. The van der Waals surface area contributed by atoms with Gasteiger partial charge in [-0.05, 0) is 37.0 Å². The Kier molecular flexibility index (Phi) is 5.58. The number of aromatic nitrogens is 2. The lowest BCUT2D eigenvalue weighted by Gasteiger charge is -2.20. The van der Waals surface area contributed by atoms with Crippen molar-refractivity contribution in [3.63, 3.8) is 0 Å². The molecule has 0 spiro atoms. The fourth-order valence-electron chi connectivity index (χ4n) is 3.36. The van der Waals surface area contributed by atoms with E-state index in [1.54, 1.807) is 16.7 Å². The number of imidazole rings is 1. The molecule has 6 nitrogen and oxygen atoms in total. The van der Waals surface area contributed by atoms with Crippen LogP contribution in [-0.2, 0) is 16.6 Å². The lowest BCUT2D eigenvalue weighted by Crippen LogP contribution is -2.34. The summed E-state index contributed by atoms with van der Waals surface area (Å²) >= 11 is 5.97. The number of nitrogens with one attached hydrogen (secondary N) is 2. The summed E-state index contributed by atoms with van der Waals surface area (Å²) in [6.45, 7) is -0.0461. The van der Waals surface area contributed by atoms with Crippen molar-refractivity contribution in [2.24, 2.45) is 13.0 Å². The first-order chi connectivity index (χ1) is 12.0. The topological polar surface area (TPSA) is 76.0 Å². The molecule has 7 heteroatoms. The van der Waals surface area contributed by atoms with Gasteiger partial charge in [0.15, 0.2) is 0 Å².